The largest absolute Gasteiger partial charge is 0.368 e. The lowest BCUT2D eigenvalue weighted by atomic mass is 9.93. The van der Waals surface area contributed by atoms with Crippen LogP contribution in [0.1, 0.15) is 22.3 Å². The van der Waals surface area contributed by atoms with Crippen molar-refractivity contribution >= 4 is 17.3 Å². The SMILES string of the molecule is CN1CCN(C2=Cc3ccccc3C(=CC#N)c3ccc(F)cc32)CC1. The fourth-order valence-electron chi connectivity index (χ4n) is 3.73. The van der Waals surface area contributed by atoms with Crippen LogP contribution in [-0.4, -0.2) is 43.0 Å². The predicted molar refractivity (Wildman–Crippen MR) is 102 cm³/mol. The molecular formula is C22H20FN3. The summed E-state index contributed by atoms with van der Waals surface area (Å²) in [6.07, 6.45) is 3.70. The maximum Gasteiger partial charge on any atom is 0.123 e. The third-order valence-corrected chi connectivity index (χ3v) is 5.14. The average Bonchev–Trinajstić information content (AvgIpc) is 2.78. The molecule has 0 N–H and O–H groups in total. The number of piperazine rings is 1. The van der Waals surface area contributed by atoms with E-state index in [0.29, 0.717) is 0 Å². The maximum absolute atomic E-state index is 14.1. The first-order chi connectivity index (χ1) is 12.7. The van der Waals surface area contributed by atoms with Crippen LogP contribution in [0.3, 0.4) is 0 Å². The van der Waals surface area contributed by atoms with E-state index in [1.807, 2.05) is 18.2 Å². The fourth-order valence-corrected chi connectivity index (χ4v) is 3.73. The van der Waals surface area contributed by atoms with Gasteiger partial charge in [0.05, 0.1) is 6.07 Å². The van der Waals surface area contributed by atoms with Gasteiger partial charge >= 0.3 is 0 Å². The van der Waals surface area contributed by atoms with E-state index in [1.165, 1.54) is 6.07 Å². The van der Waals surface area contributed by atoms with Crippen molar-refractivity contribution < 1.29 is 4.39 Å². The molecule has 4 rings (SSSR count). The fraction of sp³-hybridized carbons (Fsp3) is 0.227. The Labute approximate surface area is 153 Å². The molecule has 0 unspecified atom stereocenters. The van der Waals surface area contributed by atoms with E-state index >= 15 is 0 Å². The normalized spacial score (nSPS) is 18.6. The molecule has 1 saturated heterocycles. The molecular weight excluding hydrogens is 325 g/mol. The molecule has 2 aliphatic rings. The standard InChI is InChI=1S/C22H20FN3/c1-25-10-12-26(13-11-25)22-14-16-4-2-3-5-18(16)20(8-9-24)19-7-6-17(23)15-21(19)22/h2-8,14-15H,10-13H2,1H3. The molecule has 0 bridgehead atoms. The Hall–Kier alpha value is -2.90. The van der Waals surface area contributed by atoms with Gasteiger partial charge in [-0.25, -0.2) is 4.39 Å². The Balaban J connectivity index is 1.95. The summed E-state index contributed by atoms with van der Waals surface area (Å²) >= 11 is 0. The second-order valence-electron chi connectivity index (χ2n) is 6.78. The molecule has 0 saturated carbocycles. The maximum atomic E-state index is 14.1. The van der Waals surface area contributed by atoms with E-state index in [0.717, 1.165) is 59.7 Å². The first-order valence-corrected chi connectivity index (χ1v) is 8.82. The highest BCUT2D eigenvalue weighted by Crippen LogP contribution is 2.39. The minimum atomic E-state index is -0.258. The van der Waals surface area contributed by atoms with E-state index in [1.54, 1.807) is 18.2 Å². The number of nitrogens with zero attached hydrogens (tertiary/aromatic N) is 3. The third kappa shape index (κ3) is 2.91. The number of allylic oxidation sites excluding steroid dienone is 1. The first-order valence-electron chi connectivity index (χ1n) is 8.82. The van der Waals surface area contributed by atoms with Gasteiger partial charge < -0.3 is 9.80 Å². The zero-order valence-electron chi connectivity index (χ0n) is 14.7. The molecule has 1 aliphatic carbocycles. The van der Waals surface area contributed by atoms with Crippen LogP contribution in [0.2, 0.25) is 0 Å². The molecule has 0 amide bonds. The van der Waals surface area contributed by atoms with Crippen LogP contribution in [-0.2, 0) is 0 Å². The number of nitriles is 1. The van der Waals surface area contributed by atoms with Gasteiger partial charge in [0.1, 0.15) is 5.82 Å². The number of benzene rings is 2. The molecule has 1 fully saturated rings. The van der Waals surface area contributed by atoms with Crippen molar-refractivity contribution in [3.8, 4) is 6.07 Å². The zero-order valence-corrected chi connectivity index (χ0v) is 14.7. The molecule has 130 valence electrons. The molecule has 0 spiro atoms. The van der Waals surface area contributed by atoms with Gasteiger partial charge in [0.25, 0.3) is 0 Å². The Morgan fingerprint density at radius 2 is 1.77 bits per heavy atom. The van der Waals surface area contributed by atoms with Crippen molar-refractivity contribution in [2.45, 2.75) is 0 Å². The summed E-state index contributed by atoms with van der Waals surface area (Å²) in [6.45, 7) is 3.75. The van der Waals surface area contributed by atoms with Crippen molar-refractivity contribution in [1.82, 2.24) is 9.80 Å². The summed E-state index contributed by atoms with van der Waals surface area (Å²) in [5.74, 6) is -0.258. The van der Waals surface area contributed by atoms with Crippen LogP contribution < -0.4 is 0 Å². The van der Waals surface area contributed by atoms with E-state index in [4.69, 9.17) is 0 Å². The summed E-state index contributed by atoms with van der Waals surface area (Å²) in [4.78, 5) is 4.62. The topological polar surface area (TPSA) is 30.3 Å². The van der Waals surface area contributed by atoms with Crippen molar-refractivity contribution in [2.24, 2.45) is 0 Å². The Morgan fingerprint density at radius 3 is 2.54 bits per heavy atom. The Morgan fingerprint density at radius 1 is 1.00 bits per heavy atom. The van der Waals surface area contributed by atoms with Crippen LogP contribution >= 0.6 is 0 Å². The summed E-state index contributed by atoms with van der Waals surface area (Å²) in [7, 11) is 2.12. The molecule has 0 atom stereocenters. The lowest BCUT2D eigenvalue weighted by Crippen LogP contribution is -2.43. The van der Waals surface area contributed by atoms with Crippen LogP contribution in [0, 0.1) is 17.1 Å². The summed E-state index contributed by atoms with van der Waals surface area (Å²) in [5.41, 5.74) is 5.70. The minimum absolute atomic E-state index is 0.258. The average molecular weight is 345 g/mol. The summed E-state index contributed by atoms with van der Waals surface area (Å²) < 4.78 is 14.1. The zero-order chi connectivity index (χ0) is 18.1. The van der Waals surface area contributed by atoms with Crippen LogP contribution in [0.5, 0.6) is 0 Å². The highest BCUT2D eigenvalue weighted by atomic mass is 19.1. The molecule has 0 aromatic heterocycles. The lowest BCUT2D eigenvalue weighted by Gasteiger charge is -2.36. The van der Waals surface area contributed by atoms with Gasteiger partial charge in [-0.05, 0) is 41.9 Å². The summed E-state index contributed by atoms with van der Waals surface area (Å²) in [6, 6.07) is 15.1. The van der Waals surface area contributed by atoms with Gasteiger partial charge in [-0.3, -0.25) is 0 Å². The van der Waals surface area contributed by atoms with Gasteiger partial charge in [0, 0.05) is 49.1 Å². The molecule has 26 heavy (non-hydrogen) atoms. The molecule has 0 radical (unpaired) electrons. The second kappa shape index (κ2) is 6.78. The van der Waals surface area contributed by atoms with Crippen molar-refractivity contribution in [2.75, 3.05) is 33.2 Å². The van der Waals surface area contributed by atoms with E-state index < -0.39 is 0 Å². The number of likely N-dealkylation sites (N-methyl/N-ethyl adjacent to an activating group) is 1. The molecule has 2 aromatic carbocycles. The Bertz CT molecular complexity index is 944. The highest BCUT2D eigenvalue weighted by molar-refractivity contribution is 5.98. The quantitative estimate of drug-likeness (QED) is 0.736. The lowest BCUT2D eigenvalue weighted by molar-refractivity contribution is 0.208. The Kier molecular flexibility index (Phi) is 4.32. The minimum Gasteiger partial charge on any atom is -0.368 e. The first kappa shape index (κ1) is 16.6. The number of hydrogen-bond donors (Lipinski definition) is 0. The molecule has 2 aromatic rings. The molecule has 1 aliphatic heterocycles. The molecule has 3 nitrogen and oxygen atoms in total. The van der Waals surface area contributed by atoms with Gasteiger partial charge in [0.15, 0.2) is 0 Å². The van der Waals surface area contributed by atoms with Crippen LogP contribution in [0.15, 0.2) is 48.5 Å². The number of fused-ring (bicyclic) bond motifs is 2. The second-order valence-corrected chi connectivity index (χ2v) is 6.78. The third-order valence-electron chi connectivity index (χ3n) is 5.14. The number of rotatable bonds is 1. The van der Waals surface area contributed by atoms with E-state index in [2.05, 4.69) is 35.1 Å². The van der Waals surface area contributed by atoms with Crippen molar-refractivity contribution in [3.63, 3.8) is 0 Å². The molecule has 1 heterocycles. The number of halogens is 1. The van der Waals surface area contributed by atoms with Gasteiger partial charge in [0.2, 0.25) is 0 Å². The van der Waals surface area contributed by atoms with Crippen LogP contribution in [0.25, 0.3) is 17.3 Å². The predicted octanol–water partition coefficient (Wildman–Crippen LogP) is 3.84. The summed E-state index contributed by atoms with van der Waals surface area (Å²) in [5, 5.41) is 9.33. The monoisotopic (exact) mass is 345 g/mol. The number of hydrogen-bond acceptors (Lipinski definition) is 3. The highest BCUT2D eigenvalue weighted by Gasteiger charge is 2.25. The van der Waals surface area contributed by atoms with Gasteiger partial charge in [-0.2, -0.15) is 5.26 Å². The molecule has 4 heteroatoms. The smallest absolute Gasteiger partial charge is 0.123 e. The van der Waals surface area contributed by atoms with Gasteiger partial charge in [-0.1, -0.05) is 30.3 Å². The van der Waals surface area contributed by atoms with E-state index in [-0.39, 0.29) is 5.82 Å². The van der Waals surface area contributed by atoms with Crippen molar-refractivity contribution in [3.05, 3.63) is 76.6 Å². The van der Waals surface area contributed by atoms with Gasteiger partial charge in [-0.15, -0.1) is 0 Å². The van der Waals surface area contributed by atoms with Crippen molar-refractivity contribution in [1.29, 1.82) is 5.26 Å². The van der Waals surface area contributed by atoms with E-state index in [9.17, 15) is 9.65 Å². The van der Waals surface area contributed by atoms with Crippen LogP contribution in [0.4, 0.5) is 4.39 Å².